The molecule has 1 aromatic carbocycles. The van der Waals surface area contributed by atoms with E-state index in [1.807, 2.05) is 6.20 Å². The van der Waals surface area contributed by atoms with E-state index >= 15 is 0 Å². The molecule has 1 saturated heterocycles. The molecule has 2 aromatic heterocycles. The summed E-state index contributed by atoms with van der Waals surface area (Å²) in [4.78, 5) is 10.7. The number of fused-ring (bicyclic) bond motifs is 1. The fourth-order valence-corrected chi connectivity index (χ4v) is 3.78. The van der Waals surface area contributed by atoms with Gasteiger partial charge in [-0.05, 0) is 43.9 Å². The number of hydrogen-bond donors (Lipinski definition) is 1. The first-order chi connectivity index (χ1) is 11.2. The van der Waals surface area contributed by atoms with Gasteiger partial charge in [-0.2, -0.15) is 0 Å². The zero-order valence-electron chi connectivity index (χ0n) is 13.8. The molecule has 0 amide bonds. The van der Waals surface area contributed by atoms with Gasteiger partial charge in [0.15, 0.2) is 5.82 Å². The standard InChI is InChI=1S/C20H23N3/c1-14-15(2)22-19-18(14)10-11-21-20(19)23-12-6-9-17(13-23)16-7-4-3-5-8-16/h3-5,7-8,10-11,17,22H,6,9,12-13H2,1-2H3. The Bertz CT molecular complexity index is 820. The van der Waals surface area contributed by atoms with Crippen molar-refractivity contribution >= 4 is 16.7 Å². The molecule has 1 fully saturated rings. The molecule has 3 nitrogen and oxygen atoms in total. The lowest BCUT2D eigenvalue weighted by Gasteiger charge is -2.34. The smallest absolute Gasteiger partial charge is 0.152 e. The quantitative estimate of drug-likeness (QED) is 0.752. The van der Waals surface area contributed by atoms with Crippen LogP contribution < -0.4 is 4.90 Å². The van der Waals surface area contributed by atoms with E-state index in [9.17, 15) is 0 Å². The van der Waals surface area contributed by atoms with Crippen molar-refractivity contribution in [3.63, 3.8) is 0 Å². The first-order valence-electron chi connectivity index (χ1n) is 8.48. The molecule has 1 atom stereocenters. The Labute approximate surface area is 137 Å². The number of hydrogen-bond acceptors (Lipinski definition) is 2. The first kappa shape index (κ1) is 14.3. The van der Waals surface area contributed by atoms with Crippen LogP contribution in [0.2, 0.25) is 0 Å². The summed E-state index contributed by atoms with van der Waals surface area (Å²) in [5.41, 5.74) is 5.21. The zero-order chi connectivity index (χ0) is 15.8. The van der Waals surface area contributed by atoms with E-state index in [1.165, 1.54) is 40.6 Å². The fraction of sp³-hybridized carbons (Fsp3) is 0.350. The van der Waals surface area contributed by atoms with Gasteiger partial charge >= 0.3 is 0 Å². The molecule has 0 bridgehead atoms. The van der Waals surface area contributed by atoms with Gasteiger partial charge in [0.1, 0.15) is 0 Å². The number of pyridine rings is 1. The lowest BCUT2D eigenvalue weighted by molar-refractivity contribution is 0.508. The molecule has 1 N–H and O–H groups in total. The number of benzene rings is 1. The van der Waals surface area contributed by atoms with Crippen molar-refractivity contribution in [2.75, 3.05) is 18.0 Å². The summed E-state index contributed by atoms with van der Waals surface area (Å²) in [5.74, 6) is 1.71. The van der Waals surface area contributed by atoms with Crippen molar-refractivity contribution < 1.29 is 0 Å². The van der Waals surface area contributed by atoms with E-state index < -0.39 is 0 Å². The highest BCUT2D eigenvalue weighted by atomic mass is 15.2. The predicted molar refractivity (Wildman–Crippen MR) is 96.2 cm³/mol. The molecule has 3 heterocycles. The highest BCUT2D eigenvalue weighted by Gasteiger charge is 2.24. The molecule has 4 rings (SSSR count). The SMILES string of the molecule is Cc1[nH]c2c(N3CCCC(c4ccccc4)C3)nccc2c1C. The van der Waals surface area contributed by atoms with Gasteiger partial charge in [-0.3, -0.25) is 0 Å². The van der Waals surface area contributed by atoms with Crippen molar-refractivity contribution in [2.24, 2.45) is 0 Å². The predicted octanol–water partition coefficient (Wildman–Crippen LogP) is 4.56. The van der Waals surface area contributed by atoms with Crippen LogP contribution in [0.1, 0.15) is 35.6 Å². The molecule has 0 aliphatic carbocycles. The van der Waals surface area contributed by atoms with Gasteiger partial charge in [0.2, 0.25) is 0 Å². The number of piperidine rings is 1. The van der Waals surface area contributed by atoms with E-state index in [0.29, 0.717) is 5.92 Å². The van der Waals surface area contributed by atoms with Crippen LogP contribution in [0.5, 0.6) is 0 Å². The average molecular weight is 305 g/mol. The van der Waals surface area contributed by atoms with Crippen molar-refractivity contribution in [1.82, 2.24) is 9.97 Å². The summed E-state index contributed by atoms with van der Waals surface area (Å²) in [6.07, 6.45) is 4.43. The Balaban J connectivity index is 1.69. The summed E-state index contributed by atoms with van der Waals surface area (Å²) >= 11 is 0. The third-order valence-electron chi connectivity index (χ3n) is 5.20. The molecule has 1 aliphatic rings. The van der Waals surface area contributed by atoms with Crippen LogP contribution in [0, 0.1) is 13.8 Å². The van der Waals surface area contributed by atoms with Crippen LogP contribution in [0.4, 0.5) is 5.82 Å². The fourth-order valence-electron chi connectivity index (χ4n) is 3.78. The number of aryl methyl sites for hydroxylation is 2. The normalized spacial score (nSPS) is 18.5. The van der Waals surface area contributed by atoms with Gasteiger partial charge < -0.3 is 9.88 Å². The van der Waals surface area contributed by atoms with Crippen LogP contribution >= 0.6 is 0 Å². The summed E-state index contributed by atoms with van der Waals surface area (Å²) in [6, 6.07) is 13.0. The van der Waals surface area contributed by atoms with E-state index in [0.717, 1.165) is 18.9 Å². The van der Waals surface area contributed by atoms with Gasteiger partial charge in [0.25, 0.3) is 0 Å². The van der Waals surface area contributed by atoms with Gasteiger partial charge in [0.05, 0.1) is 5.52 Å². The van der Waals surface area contributed by atoms with Crippen molar-refractivity contribution in [1.29, 1.82) is 0 Å². The van der Waals surface area contributed by atoms with Gasteiger partial charge in [-0.1, -0.05) is 30.3 Å². The number of nitrogens with one attached hydrogen (secondary N) is 1. The molecular formula is C20H23N3. The Morgan fingerprint density at radius 2 is 1.96 bits per heavy atom. The number of H-pyrrole nitrogens is 1. The minimum atomic E-state index is 0.596. The van der Waals surface area contributed by atoms with Crippen molar-refractivity contribution in [3.05, 3.63) is 59.4 Å². The molecule has 0 radical (unpaired) electrons. The highest BCUT2D eigenvalue weighted by molar-refractivity contribution is 5.92. The Kier molecular flexibility index (Phi) is 3.56. The Hall–Kier alpha value is -2.29. The van der Waals surface area contributed by atoms with Gasteiger partial charge in [0, 0.05) is 36.3 Å². The maximum Gasteiger partial charge on any atom is 0.152 e. The van der Waals surface area contributed by atoms with Crippen LogP contribution in [-0.2, 0) is 0 Å². The molecule has 3 aromatic rings. The topological polar surface area (TPSA) is 31.9 Å². The molecule has 1 unspecified atom stereocenters. The number of aromatic nitrogens is 2. The highest BCUT2D eigenvalue weighted by Crippen LogP contribution is 2.33. The van der Waals surface area contributed by atoms with Crippen molar-refractivity contribution in [3.8, 4) is 0 Å². The molecule has 118 valence electrons. The summed E-state index contributed by atoms with van der Waals surface area (Å²) < 4.78 is 0. The largest absolute Gasteiger partial charge is 0.355 e. The monoisotopic (exact) mass is 305 g/mol. The van der Waals surface area contributed by atoms with E-state index in [-0.39, 0.29) is 0 Å². The number of anilines is 1. The summed E-state index contributed by atoms with van der Waals surface area (Å²) in [5, 5.41) is 1.30. The van der Waals surface area contributed by atoms with Gasteiger partial charge in [-0.25, -0.2) is 4.98 Å². The molecule has 3 heteroatoms. The Morgan fingerprint density at radius 1 is 1.13 bits per heavy atom. The lowest BCUT2D eigenvalue weighted by Crippen LogP contribution is -2.35. The number of rotatable bonds is 2. The maximum absolute atomic E-state index is 4.71. The summed E-state index contributed by atoms with van der Waals surface area (Å²) in [7, 11) is 0. The number of aromatic amines is 1. The molecular weight excluding hydrogens is 282 g/mol. The third-order valence-corrected chi connectivity index (χ3v) is 5.20. The molecule has 0 spiro atoms. The minimum absolute atomic E-state index is 0.596. The first-order valence-corrected chi connectivity index (χ1v) is 8.48. The van der Waals surface area contributed by atoms with Crippen LogP contribution in [0.25, 0.3) is 10.9 Å². The average Bonchev–Trinajstić information content (AvgIpc) is 2.90. The second kappa shape index (κ2) is 5.73. The molecule has 0 saturated carbocycles. The van der Waals surface area contributed by atoms with Crippen LogP contribution in [0.15, 0.2) is 42.6 Å². The maximum atomic E-state index is 4.71. The second-order valence-electron chi connectivity index (χ2n) is 6.63. The minimum Gasteiger partial charge on any atom is -0.355 e. The van der Waals surface area contributed by atoms with E-state index in [4.69, 9.17) is 4.98 Å². The Morgan fingerprint density at radius 3 is 2.78 bits per heavy atom. The zero-order valence-corrected chi connectivity index (χ0v) is 13.8. The second-order valence-corrected chi connectivity index (χ2v) is 6.63. The lowest BCUT2D eigenvalue weighted by atomic mass is 9.90. The summed E-state index contributed by atoms with van der Waals surface area (Å²) in [6.45, 7) is 6.46. The van der Waals surface area contributed by atoms with Gasteiger partial charge in [-0.15, -0.1) is 0 Å². The van der Waals surface area contributed by atoms with E-state index in [1.54, 1.807) is 0 Å². The van der Waals surface area contributed by atoms with E-state index in [2.05, 4.69) is 60.1 Å². The molecule has 23 heavy (non-hydrogen) atoms. The molecule has 1 aliphatic heterocycles. The number of nitrogens with zero attached hydrogens (tertiary/aromatic N) is 2. The van der Waals surface area contributed by atoms with Crippen LogP contribution in [-0.4, -0.2) is 23.1 Å². The third kappa shape index (κ3) is 2.50. The van der Waals surface area contributed by atoms with Crippen molar-refractivity contribution in [2.45, 2.75) is 32.6 Å². The van der Waals surface area contributed by atoms with Crippen LogP contribution in [0.3, 0.4) is 0 Å².